The number of Topliss-reactive ketones (excluding diaryl/α,β-unsaturated/α-hetero) is 1. The van der Waals surface area contributed by atoms with Crippen molar-refractivity contribution in [2.45, 2.75) is 25.7 Å². The van der Waals surface area contributed by atoms with Gasteiger partial charge in [-0.3, -0.25) is 4.79 Å². The van der Waals surface area contributed by atoms with Gasteiger partial charge in [0.2, 0.25) is 0 Å². The molecule has 1 fully saturated rings. The number of ether oxygens (including phenoxy) is 1. The number of unbranched alkanes of at least 4 members (excludes halogenated alkanes) is 1. The molecule has 1 aliphatic heterocycles. The van der Waals surface area contributed by atoms with E-state index in [1.54, 1.807) is 12.1 Å². The fourth-order valence-corrected chi connectivity index (χ4v) is 3.75. The van der Waals surface area contributed by atoms with Gasteiger partial charge in [0, 0.05) is 37.3 Å². The van der Waals surface area contributed by atoms with Gasteiger partial charge in [-0.25, -0.2) is 4.39 Å². The van der Waals surface area contributed by atoms with Crippen LogP contribution in [-0.4, -0.2) is 51.0 Å². The van der Waals surface area contributed by atoms with Crippen LogP contribution in [0.2, 0.25) is 0 Å². The highest BCUT2D eigenvalue weighted by Crippen LogP contribution is 2.23. The van der Waals surface area contributed by atoms with Crippen molar-refractivity contribution < 1.29 is 13.9 Å². The highest BCUT2D eigenvalue weighted by molar-refractivity contribution is 5.97. The first-order chi connectivity index (χ1) is 14.0. The molecule has 0 aromatic heterocycles. The van der Waals surface area contributed by atoms with Gasteiger partial charge in [0.05, 0.1) is 6.61 Å². The van der Waals surface area contributed by atoms with E-state index in [1.807, 2.05) is 26.2 Å². The predicted octanol–water partition coefficient (Wildman–Crippen LogP) is 4.65. The number of likely N-dealkylation sites (tertiary alicyclic amines) is 1. The van der Waals surface area contributed by atoms with Crippen molar-refractivity contribution in [2.24, 2.45) is 5.92 Å². The second kappa shape index (κ2) is 10.4. The Kier molecular flexibility index (Phi) is 7.64. The number of carbonyl (C=O) groups is 1. The summed E-state index contributed by atoms with van der Waals surface area (Å²) in [5.41, 5.74) is 1.76. The van der Waals surface area contributed by atoms with E-state index in [-0.39, 0.29) is 17.5 Å². The summed E-state index contributed by atoms with van der Waals surface area (Å²) >= 11 is 0. The van der Waals surface area contributed by atoms with Crippen molar-refractivity contribution in [3.05, 3.63) is 59.9 Å². The number of benzene rings is 2. The van der Waals surface area contributed by atoms with Crippen LogP contribution in [0.25, 0.3) is 0 Å². The molecule has 0 amide bonds. The van der Waals surface area contributed by atoms with Gasteiger partial charge in [-0.2, -0.15) is 0 Å². The van der Waals surface area contributed by atoms with E-state index in [1.165, 1.54) is 12.1 Å². The molecular weight excluding hydrogens is 367 g/mol. The molecule has 0 radical (unpaired) electrons. The molecule has 1 aliphatic rings. The lowest BCUT2D eigenvalue weighted by atomic mass is 9.89. The standard InChI is InChI=1S/C24H31FN2O2/c1-26(2)22-6-5-7-23(18-22)29-17-4-3-14-27-15-12-20(13-16-27)24(28)19-8-10-21(25)11-9-19/h5-11,18,20H,3-4,12-17H2,1-2H3. The first kappa shape index (κ1) is 21.3. The number of carbonyl (C=O) groups excluding carboxylic acids is 1. The van der Waals surface area contributed by atoms with Gasteiger partial charge in [0.15, 0.2) is 5.78 Å². The van der Waals surface area contributed by atoms with E-state index in [4.69, 9.17) is 4.74 Å². The Morgan fingerprint density at radius 2 is 1.83 bits per heavy atom. The highest BCUT2D eigenvalue weighted by Gasteiger charge is 2.25. The van der Waals surface area contributed by atoms with Crippen LogP contribution < -0.4 is 9.64 Å². The molecule has 29 heavy (non-hydrogen) atoms. The van der Waals surface area contributed by atoms with Gasteiger partial charge in [0.25, 0.3) is 0 Å². The molecule has 2 aromatic carbocycles. The third-order valence-corrected chi connectivity index (χ3v) is 5.56. The number of nitrogens with zero attached hydrogens (tertiary/aromatic N) is 2. The Balaban J connectivity index is 1.32. The van der Waals surface area contributed by atoms with Gasteiger partial charge < -0.3 is 14.5 Å². The fourth-order valence-electron chi connectivity index (χ4n) is 3.75. The molecule has 0 spiro atoms. The Morgan fingerprint density at radius 3 is 2.52 bits per heavy atom. The van der Waals surface area contributed by atoms with E-state index in [0.717, 1.165) is 63.4 Å². The van der Waals surface area contributed by atoms with E-state index in [0.29, 0.717) is 5.56 Å². The largest absolute Gasteiger partial charge is 0.494 e. The molecule has 5 heteroatoms. The van der Waals surface area contributed by atoms with Gasteiger partial charge in [0.1, 0.15) is 11.6 Å². The summed E-state index contributed by atoms with van der Waals surface area (Å²) in [5.74, 6) is 0.823. The minimum atomic E-state index is -0.300. The molecule has 4 nitrogen and oxygen atoms in total. The molecule has 0 bridgehead atoms. The second-order valence-electron chi connectivity index (χ2n) is 7.93. The van der Waals surface area contributed by atoms with Crippen LogP contribution in [0.4, 0.5) is 10.1 Å². The smallest absolute Gasteiger partial charge is 0.166 e. The van der Waals surface area contributed by atoms with Crippen molar-refractivity contribution in [1.29, 1.82) is 0 Å². The fraction of sp³-hybridized carbons (Fsp3) is 0.458. The van der Waals surface area contributed by atoms with Crippen LogP contribution >= 0.6 is 0 Å². The highest BCUT2D eigenvalue weighted by atomic mass is 19.1. The van der Waals surface area contributed by atoms with Gasteiger partial charge in [-0.15, -0.1) is 0 Å². The third-order valence-electron chi connectivity index (χ3n) is 5.56. The Labute approximate surface area is 173 Å². The summed E-state index contributed by atoms with van der Waals surface area (Å²) in [5, 5.41) is 0. The van der Waals surface area contributed by atoms with Gasteiger partial charge >= 0.3 is 0 Å². The lowest BCUT2D eigenvalue weighted by Gasteiger charge is -2.31. The molecule has 0 aliphatic carbocycles. The minimum Gasteiger partial charge on any atom is -0.494 e. The average Bonchev–Trinajstić information content (AvgIpc) is 2.74. The molecule has 0 unspecified atom stereocenters. The molecule has 1 saturated heterocycles. The van der Waals surface area contributed by atoms with E-state index in [9.17, 15) is 9.18 Å². The van der Waals surface area contributed by atoms with Crippen molar-refractivity contribution in [3.8, 4) is 5.75 Å². The molecule has 0 saturated carbocycles. The maximum absolute atomic E-state index is 13.0. The summed E-state index contributed by atoms with van der Waals surface area (Å²) < 4.78 is 18.9. The van der Waals surface area contributed by atoms with Crippen LogP contribution in [-0.2, 0) is 0 Å². The van der Waals surface area contributed by atoms with Crippen molar-refractivity contribution in [3.63, 3.8) is 0 Å². The molecular formula is C24H31FN2O2. The Morgan fingerprint density at radius 1 is 1.10 bits per heavy atom. The zero-order valence-electron chi connectivity index (χ0n) is 17.4. The quantitative estimate of drug-likeness (QED) is 0.455. The maximum atomic E-state index is 13.0. The van der Waals surface area contributed by atoms with Gasteiger partial charge in [-0.1, -0.05) is 6.07 Å². The van der Waals surface area contributed by atoms with Crippen LogP contribution in [0.5, 0.6) is 5.75 Å². The zero-order chi connectivity index (χ0) is 20.6. The van der Waals surface area contributed by atoms with Crippen molar-refractivity contribution in [1.82, 2.24) is 4.90 Å². The topological polar surface area (TPSA) is 32.8 Å². The average molecular weight is 399 g/mol. The van der Waals surface area contributed by atoms with Crippen LogP contribution in [0, 0.1) is 11.7 Å². The van der Waals surface area contributed by atoms with Crippen LogP contribution in [0.3, 0.4) is 0 Å². The monoisotopic (exact) mass is 398 g/mol. The number of hydrogen-bond acceptors (Lipinski definition) is 4. The Bertz CT molecular complexity index is 784. The summed E-state index contributed by atoms with van der Waals surface area (Å²) in [6.45, 7) is 3.65. The SMILES string of the molecule is CN(C)c1cccc(OCCCCN2CCC(C(=O)c3ccc(F)cc3)CC2)c1. The van der Waals surface area contributed by atoms with E-state index < -0.39 is 0 Å². The summed E-state index contributed by atoms with van der Waals surface area (Å²) in [6, 6.07) is 14.1. The lowest BCUT2D eigenvalue weighted by molar-refractivity contribution is 0.0838. The number of rotatable bonds is 9. The normalized spacial score (nSPS) is 15.3. The van der Waals surface area contributed by atoms with Gasteiger partial charge in [-0.05, 0) is 81.7 Å². The Hall–Kier alpha value is -2.40. The molecule has 0 N–H and O–H groups in total. The zero-order valence-corrected chi connectivity index (χ0v) is 17.4. The first-order valence-electron chi connectivity index (χ1n) is 10.5. The number of ketones is 1. The lowest BCUT2D eigenvalue weighted by Crippen LogP contribution is -2.37. The first-order valence-corrected chi connectivity index (χ1v) is 10.5. The van der Waals surface area contributed by atoms with E-state index in [2.05, 4.69) is 21.9 Å². The van der Waals surface area contributed by atoms with Crippen molar-refractivity contribution >= 4 is 11.5 Å². The predicted molar refractivity (Wildman–Crippen MR) is 115 cm³/mol. The third kappa shape index (κ3) is 6.29. The van der Waals surface area contributed by atoms with Crippen molar-refractivity contribution in [2.75, 3.05) is 45.2 Å². The summed E-state index contributed by atoms with van der Waals surface area (Å²) in [7, 11) is 4.05. The van der Waals surface area contributed by atoms with Crippen LogP contribution in [0.1, 0.15) is 36.0 Å². The second-order valence-corrected chi connectivity index (χ2v) is 7.93. The summed E-state index contributed by atoms with van der Waals surface area (Å²) in [4.78, 5) is 17.1. The number of hydrogen-bond donors (Lipinski definition) is 0. The molecule has 1 heterocycles. The molecule has 2 aromatic rings. The number of anilines is 1. The van der Waals surface area contributed by atoms with E-state index >= 15 is 0 Å². The molecule has 156 valence electrons. The number of piperidine rings is 1. The minimum absolute atomic E-state index is 0.0593. The maximum Gasteiger partial charge on any atom is 0.166 e. The summed E-state index contributed by atoms with van der Waals surface area (Å²) in [6.07, 6.45) is 3.86. The molecule has 3 rings (SSSR count). The number of halogens is 1. The molecule has 0 atom stereocenters. The van der Waals surface area contributed by atoms with Crippen LogP contribution in [0.15, 0.2) is 48.5 Å².